The Morgan fingerprint density at radius 3 is 2.47 bits per heavy atom. The van der Waals surface area contributed by atoms with Crippen LogP contribution in [0.3, 0.4) is 0 Å². The van der Waals surface area contributed by atoms with Crippen molar-refractivity contribution in [3.8, 4) is 0 Å². The molecule has 0 amide bonds. The van der Waals surface area contributed by atoms with E-state index in [1.165, 1.54) is 99.8 Å². The van der Waals surface area contributed by atoms with Gasteiger partial charge in [0.15, 0.2) is 0 Å². The normalized spacial score (nSPS) is 20.5. The Balaban J connectivity index is 1.42. The van der Waals surface area contributed by atoms with Gasteiger partial charge >= 0.3 is 0 Å². The molecule has 1 saturated heterocycles. The molecule has 0 unspecified atom stereocenters. The Hall–Kier alpha value is -1.39. The second-order valence-electron chi connectivity index (χ2n) is 9.74. The molecular formula is C26H42N4. The number of hydrogen-bond donors (Lipinski definition) is 1. The summed E-state index contributed by atoms with van der Waals surface area (Å²) in [4.78, 5) is 7.83. The van der Waals surface area contributed by atoms with Gasteiger partial charge in [-0.25, -0.2) is 4.98 Å². The molecule has 0 spiro atoms. The molecule has 1 aliphatic carbocycles. The van der Waals surface area contributed by atoms with Crippen LogP contribution >= 0.6 is 0 Å². The highest BCUT2D eigenvalue weighted by molar-refractivity contribution is 5.77. The van der Waals surface area contributed by atoms with Crippen molar-refractivity contribution in [1.82, 2.24) is 19.8 Å². The van der Waals surface area contributed by atoms with Crippen LogP contribution in [-0.4, -0.2) is 47.2 Å². The zero-order valence-corrected chi connectivity index (χ0v) is 19.3. The van der Waals surface area contributed by atoms with Gasteiger partial charge < -0.3 is 14.8 Å². The maximum absolute atomic E-state index is 5.06. The van der Waals surface area contributed by atoms with Crippen molar-refractivity contribution in [3.05, 3.63) is 29.6 Å². The first-order valence-electron chi connectivity index (χ1n) is 12.6. The van der Waals surface area contributed by atoms with E-state index in [1.807, 2.05) is 0 Å². The standard InChI is InChI=1S/C26H42N4/c1-3-27-16-13-26-28-24-19-21(2)11-12-25(24)30(26)23-14-17-29(18-15-23)20-22-9-7-5-4-6-8-10-22/h11-12,19,22-23,27H,3-10,13-18,20H2,1-2H3. The minimum Gasteiger partial charge on any atom is -0.325 e. The number of aromatic nitrogens is 2. The van der Waals surface area contributed by atoms with Crippen molar-refractivity contribution in [2.75, 3.05) is 32.7 Å². The Labute approximate surface area is 183 Å². The molecule has 2 fully saturated rings. The lowest BCUT2D eigenvalue weighted by Gasteiger charge is -2.36. The largest absolute Gasteiger partial charge is 0.325 e. The van der Waals surface area contributed by atoms with Crippen molar-refractivity contribution in [2.45, 2.75) is 84.1 Å². The second kappa shape index (κ2) is 10.8. The summed E-state index contributed by atoms with van der Waals surface area (Å²) in [6.45, 7) is 10.2. The predicted molar refractivity (Wildman–Crippen MR) is 127 cm³/mol. The van der Waals surface area contributed by atoms with Gasteiger partial charge in [0.2, 0.25) is 0 Å². The SMILES string of the molecule is CCNCCc1nc2cc(C)ccc2n1C1CCN(CC2CCCCCCC2)CC1. The number of imidazole rings is 1. The number of piperidine rings is 1. The average Bonchev–Trinajstić information content (AvgIpc) is 3.08. The first-order valence-corrected chi connectivity index (χ1v) is 12.6. The van der Waals surface area contributed by atoms with Crippen molar-refractivity contribution < 1.29 is 0 Å². The molecule has 30 heavy (non-hydrogen) atoms. The third kappa shape index (κ3) is 5.45. The summed E-state index contributed by atoms with van der Waals surface area (Å²) < 4.78 is 2.60. The molecule has 1 aromatic heterocycles. The summed E-state index contributed by atoms with van der Waals surface area (Å²) in [5.74, 6) is 2.21. The maximum atomic E-state index is 5.06. The summed E-state index contributed by atoms with van der Waals surface area (Å²) in [6, 6.07) is 7.41. The van der Waals surface area contributed by atoms with Crippen LogP contribution in [0.1, 0.15) is 82.1 Å². The number of fused-ring (bicyclic) bond motifs is 1. The monoisotopic (exact) mass is 410 g/mol. The van der Waals surface area contributed by atoms with E-state index in [4.69, 9.17) is 4.98 Å². The quantitative estimate of drug-likeness (QED) is 0.612. The van der Waals surface area contributed by atoms with E-state index in [0.717, 1.165) is 25.4 Å². The molecule has 1 aliphatic heterocycles. The summed E-state index contributed by atoms with van der Waals surface area (Å²) in [5.41, 5.74) is 3.82. The van der Waals surface area contributed by atoms with Gasteiger partial charge in [0.25, 0.3) is 0 Å². The van der Waals surface area contributed by atoms with Crippen molar-refractivity contribution >= 4 is 11.0 Å². The van der Waals surface area contributed by atoms with Crippen LogP contribution in [0.5, 0.6) is 0 Å². The topological polar surface area (TPSA) is 33.1 Å². The molecular weight excluding hydrogens is 368 g/mol. The highest BCUT2D eigenvalue weighted by Crippen LogP contribution is 2.31. The lowest BCUT2D eigenvalue weighted by atomic mass is 9.90. The zero-order valence-electron chi connectivity index (χ0n) is 19.3. The van der Waals surface area contributed by atoms with Gasteiger partial charge in [0.1, 0.15) is 5.82 Å². The smallest absolute Gasteiger partial charge is 0.111 e. The molecule has 0 radical (unpaired) electrons. The third-order valence-electron chi connectivity index (χ3n) is 7.36. The van der Waals surface area contributed by atoms with E-state index < -0.39 is 0 Å². The number of nitrogens with zero attached hydrogens (tertiary/aromatic N) is 3. The highest BCUT2D eigenvalue weighted by Gasteiger charge is 2.26. The molecule has 2 aliphatic rings. The van der Waals surface area contributed by atoms with Gasteiger partial charge in [-0.1, -0.05) is 45.1 Å². The molecule has 166 valence electrons. The molecule has 2 aromatic rings. The predicted octanol–water partition coefficient (Wildman–Crippen LogP) is 5.49. The Morgan fingerprint density at radius 1 is 1.00 bits per heavy atom. The van der Waals surface area contributed by atoms with E-state index in [-0.39, 0.29) is 0 Å². The number of benzene rings is 1. The molecule has 4 nitrogen and oxygen atoms in total. The number of likely N-dealkylation sites (N-methyl/N-ethyl adjacent to an activating group) is 1. The van der Waals surface area contributed by atoms with Crippen LogP contribution in [0, 0.1) is 12.8 Å². The zero-order chi connectivity index (χ0) is 20.8. The minimum atomic E-state index is 0.600. The Morgan fingerprint density at radius 2 is 1.73 bits per heavy atom. The lowest BCUT2D eigenvalue weighted by molar-refractivity contribution is 0.152. The number of likely N-dealkylation sites (tertiary alicyclic amines) is 1. The fraction of sp³-hybridized carbons (Fsp3) is 0.731. The van der Waals surface area contributed by atoms with Gasteiger partial charge in [-0.05, 0) is 62.8 Å². The van der Waals surface area contributed by atoms with E-state index in [1.54, 1.807) is 0 Å². The molecule has 2 heterocycles. The number of rotatable bonds is 7. The average molecular weight is 411 g/mol. The van der Waals surface area contributed by atoms with E-state index >= 15 is 0 Å². The van der Waals surface area contributed by atoms with Crippen LogP contribution in [0.4, 0.5) is 0 Å². The first kappa shape index (κ1) is 21.8. The molecule has 1 N–H and O–H groups in total. The van der Waals surface area contributed by atoms with Crippen LogP contribution < -0.4 is 5.32 Å². The molecule has 0 bridgehead atoms. The second-order valence-corrected chi connectivity index (χ2v) is 9.74. The Kier molecular flexibility index (Phi) is 7.83. The molecule has 1 saturated carbocycles. The van der Waals surface area contributed by atoms with E-state index in [2.05, 4.69) is 46.8 Å². The summed E-state index contributed by atoms with van der Waals surface area (Å²) in [6.07, 6.45) is 13.8. The summed E-state index contributed by atoms with van der Waals surface area (Å²) >= 11 is 0. The van der Waals surface area contributed by atoms with Crippen LogP contribution in [-0.2, 0) is 6.42 Å². The van der Waals surface area contributed by atoms with Gasteiger partial charge in [-0.3, -0.25) is 0 Å². The maximum Gasteiger partial charge on any atom is 0.111 e. The third-order valence-corrected chi connectivity index (χ3v) is 7.36. The highest BCUT2D eigenvalue weighted by atomic mass is 15.2. The van der Waals surface area contributed by atoms with Crippen LogP contribution in [0.25, 0.3) is 11.0 Å². The van der Waals surface area contributed by atoms with Gasteiger partial charge in [0.05, 0.1) is 11.0 Å². The van der Waals surface area contributed by atoms with Gasteiger partial charge in [-0.15, -0.1) is 0 Å². The first-order chi connectivity index (χ1) is 14.7. The Bertz CT molecular complexity index is 780. The van der Waals surface area contributed by atoms with E-state index in [0.29, 0.717) is 6.04 Å². The lowest BCUT2D eigenvalue weighted by Crippen LogP contribution is -2.38. The fourth-order valence-corrected chi connectivity index (χ4v) is 5.67. The van der Waals surface area contributed by atoms with Crippen molar-refractivity contribution in [2.24, 2.45) is 5.92 Å². The number of hydrogen-bond acceptors (Lipinski definition) is 3. The van der Waals surface area contributed by atoms with Crippen LogP contribution in [0.15, 0.2) is 18.2 Å². The van der Waals surface area contributed by atoms with Crippen LogP contribution in [0.2, 0.25) is 0 Å². The van der Waals surface area contributed by atoms with Gasteiger partial charge in [-0.2, -0.15) is 0 Å². The number of aryl methyl sites for hydroxylation is 1. The molecule has 0 atom stereocenters. The summed E-state index contributed by atoms with van der Waals surface area (Å²) in [5, 5.41) is 3.48. The van der Waals surface area contributed by atoms with Gasteiger partial charge in [0, 0.05) is 38.6 Å². The summed E-state index contributed by atoms with van der Waals surface area (Å²) in [7, 11) is 0. The molecule has 4 rings (SSSR count). The molecule has 1 aromatic carbocycles. The van der Waals surface area contributed by atoms with Crippen molar-refractivity contribution in [3.63, 3.8) is 0 Å². The minimum absolute atomic E-state index is 0.600. The number of nitrogens with one attached hydrogen (secondary N) is 1. The fourth-order valence-electron chi connectivity index (χ4n) is 5.67. The van der Waals surface area contributed by atoms with Crippen molar-refractivity contribution in [1.29, 1.82) is 0 Å². The van der Waals surface area contributed by atoms with E-state index in [9.17, 15) is 0 Å². The molecule has 4 heteroatoms.